The topological polar surface area (TPSA) is 80.3 Å². The largest absolute Gasteiger partial charge is 0.490 e. The van der Waals surface area contributed by atoms with Crippen molar-refractivity contribution >= 4 is 11.9 Å². The number of benzene rings is 2. The second-order valence-corrected chi connectivity index (χ2v) is 8.10. The van der Waals surface area contributed by atoms with Crippen molar-refractivity contribution < 1.29 is 33.3 Å². The van der Waals surface area contributed by atoms with Gasteiger partial charge in [0.1, 0.15) is 5.75 Å². The molecule has 7 heteroatoms. The Bertz CT molecular complexity index is 1120. The van der Waals surface area contributed by atoms with E-state index in [-0.39, 0.29) is 5.92 Å². The van der Waals surface area contributed by atoms with E-state index >= 15 is 0 Å². The van der Waals surface area contributed by atoms with E-state index in [2.05, 4.69) is 13.2 Å². The first kappa shape index (κ1) is 28.5. The van der Waals surface area contributed by atoms with Gasteiger partial charge in [-0.15, -0.1) is 0 Å². The summed E-state index contributed by atoms with van der Waals surface area (Å²) < 4.78 is 28.9. The monoisotopic (exact) mass is 496 g/mol. The SMILES string of the molecule is C=CC(=O)Oc1cc(CC(C)c2ccc(C)c(OC(=O)C=C)c2OCC)c(OCC)c(OCC)c1C. The molecule has 0 aliphatic carbocycles. The third-order valence-electron chi connectivity index (χ3n) is 5.52. The Hall–Kier alpha value is -3.74. The molecular weight excluding hydrogens is 460 g/mol. The Morgan fingerprint density at radius 3 is 1.97 bits per heavy atom. The lowest BCUT2D eigenvalue weighted by atomic mass is 9.90. The van der Waals surface area contributed by atoms with Gasteiger partial charge in [0.2, 0.25) is 0 Å². The Balaban J connectivity index is 2.64. The van der Waals surface area contributed by atoms with Crippen molar-refractivity contribution in [3.63, 3.8) is 0 Å². The van der Waals surface area contributed by atoms with Crippen LogP contribution >= 0.6 is 0 Å². The number of aryl methyl sites for hydroxylation is 1. The van der Waals surface area contributed by atoms with Crippen LogP contribution in [-0.4, -0.2) is 31.8 Å². The number of carbonyl (C=O) groups is 2. The van der Waals surface area contributed by atoms with Crippen LogP contribution in [0.3, 0.4) is 0 Å². The highest BCUT2D eigenvalue weighted by atomic mass is 16.6. The first-order chi connectivity index (χ1) is 17.2. The molecule has 0 saturated carbocycles. The molecule has 2 aromatic carbocycles. The molecule has 2 aromatic rings. The van der Waals surface area contributed by atoms with E-state index in [1.807, 2.05) is 53.7 Å². The molecule has 194 valence electrons. The molecular formula is C29H36O7. The molecule has 0 spiro atoms. The highest BCUT2D eigenvalue weighted by Gasteiger charge is 2.25. The Morgan fingerprint density at radius 1 is 0.833 bits per heavy atom. The molecule has 0 radical (unpaired) electrons. The van der Waals surface area contributed by atoms with Crippen LogP contribution in [0.2, 0.25) is 0 Å². The summed E-state index contributed by atoms with van der Waals surface area (Å²) in [5, 5.41) is 0. The van der Waals surface area contributed by atoms with Crippen LogP contribution in [0.4, 0.5) is 0 Å². The van der Waals surface area contributed by atoms with Crippen molar-refractivity contribution in [2.75, 3.05) is 19.8 Å². The van der Waals surface area contributed by atoms with Crippen LogP contribution in [0.15, 0.2) is 43.5 Å². The number of hydrogen-bond donors (Lipinski definition) is 0. The molecule has 0 aliphatic heterocycles. The van der Waals surface area contributed by atoms with Crippen LogP contribution < -0.4 is 23.7 Å². The fourth-order valence-corrected chi connectivity index (χ4v) is 3.85. The first-order valence-corrected chi connectivity index (χ1v) is 12.1. The second-order valence-electron chi connectivity index (χ2n) is 8.10. The molecule has 0 N–H and O–H groups in total. The zero-order chi connectivity index (χ0) is 26.8. The Labute approximate surface area is 213 Å². The molecule has 2 rings (SSSR count). The molecule has 0 aliphatic rings. The van der Waals surface area contributed by atoms with Gasteiger partial charge in [0, 0.05) is 28.8 Å². The molecule has 7 nitrogen and oxygen atoms in total. The summed E-state index contributed by atoms with van der Waals surface area (Å²) in [4.78, 5) is 24.0. The van der Waals surface area contributed by atoms with Gasteiger partial charge >= 0.3 is 11.9 Å². The van der Waals surface area contributed by atoms with Crippen LogP contribution in [0.5, 0.6) is 28.7 Å². The van der Waals surface area contributed by atoms with Crippen molar-refractivity contribution in [3.05, 3.63) is 65.8 Å². The highest BCUT2D eigenvalue weighted by Crippen LogP contribution is 2.45. The summed E-state index contributed by atoms with van der Waals surface area (Å²) in [5.41, 5.74) is 3.10. The van der Waals surface area contributed by atoms with Crippen molar-refractivity contribution in [2.45, 2.75) is 53.9 Å². The fourth-order valence-electron chi connectivity index (χ4n) is 3.85. The molecule has 1 atom stereocenters. The minimum Gasteiger partial charge on any atom is -0.490 e. The van der Waals surface area contributed by atoms with Crippen LogP contribution in [-0.2, 0) is 16.0 Å². The summed E-state index contributed by atoms with van der Waals surface area (Å²) >= 11 is 0. The lowest BCUT2D eigenvalue weighted by molar-refractivity contribution is -0.130. The lowest BCUT2D eigenvalue weighted by Gasteiger charge is -2.23. The van der Waals surface area contributed by atoms with E-state index in [9.17, 15) is 9.59 Å². The zero-order valence-corrected chi connectivity index (χ0v) is 22.1. The summed E-state index contributed by atoms with van der Waals surface area (Å²) in [7, 11) is 0. The summed E-state index contributed by atoms with van der Waals surface area (Å²) in [6.45, 7) is 19.6. The van der Waals surface area contributed by atoms with Crippen LogP contribution in [0.25, 0.3) is 0 Å². The number of ether oxygens (including phenoxy) is 5. The van der Waals surface area contributed by atoms with Gasteiger partial charge in [-0.25, -0.2) is 9.59 Å². The predicted octanol–water partition coefficient (Wildman–Crippen LogP) is 6.03. The van der Waals surface area contributed by atoms with E-state index in [1.165, 1.54) is 0 Å². The van der Waals surface area contributed by atoms with Gasteiger partial charge in [-0.05, 0) is 58.6 Å². The van der Waals surface area contributed by atoms with Gasteiger partial charge in [0.15, 0.2) is 23.0 Å². The molecule has 0 fully saturated rings. The van der Waals surface area contributed by atoms with Crippen molar-refractivity contribution in [3.8, 4) is 28.7 Å². The van der Waals surface area contributed by atoms with E-state index in [4.69, 9.17) is 23.7 Å². The maximum absolute atomic E-state index is 12.0. The number of carbonyl (C=O) groups excluding carboxylic acids is 2. The maximum Gasteiger partial charge on any atom is 0.335 e. The third-order valence-corrected chi connectivity index (χ3v) is 5.52. The predicted molar refractivity (Wildman–Crippen MR) is 140 cm³/mol. The zero-order valence-electron chi connectivity index (χ0n) is 22.1. The quantitative estimate of drug-likeness (QED) is 0.190. The van der Waals surface area contributed by atoms with Crippen LogP contribution in [0.1, 0.15) is 55.9 Å². The Kier molecular flexibility index (Phi) is 10.6. The van der Waals surface area contributed by atoms with Crippen molar-refractivity contribution in [1.82, 2.24) is 0 Å². The van der Waals surface area contributed by atoms with Crippen molar-refractivity contribution in [2.24, 2.45) is 0 Å². The molecule has 0 saturated heterocycles. The molecule has 0 amide bonds. The average Bonchev–Trinajstić information content (AvgIpc) is 2.86. The van der Waals surface area contributed by atoms with Gasteiger partial charge in [-0.2, -0.15) is 0 Å². The molecule has 0 bridgehead atoms. The van der Waals surface area contributed by atoms with E-state index < -0.39 is 11.9 Å². The second kappa shape index (κ2) is 13.4. The standard InChI is InChI=1S/C29H36O7/c1-9-24(30)35-23-17-21(28(33-12-4)27(20(23)8)32-11-3)16-19(7)22-15-14-18(6)26(29(22)34-13-5)36-25(31)10-2/h9-10,14-15,17,19H,1-2,11-13,16H2,3-8H3. The van der Waals surface area contributed by atoms with Gasteiger partial charge in [-0.3, -0.25) is 0 Å². The van der Waals surface area contributed by atoms with Gasteiger partial charge in [0.05, 0.1) is 19.8 Å². The summed E-state index contributed by atoms with van der Waals surface area (Å²) in [6, 6.07) is 5.66. The highest BCUT2D eigenvalue weighted by molar-refractivity contribution is 5.84. The maximum atomic E-state index is 12.0. The Morgan fingerprint density at radius 2 is 1.39 bits per heavy atom. The minimum absolute atomic E-state index is 0.0901. The molecule has 36 heavy (non-hydrogen) atoms. The normalized spacial score (nSPS) is 11.3. The molecule has 1 unspecified atom stereocenters. The minimum atomic E-state index is -0.561. The molecule has 0 aromatic heterocycles. The summed E-state index contributed by atoms with van der Waals surface area (Å²) in [5.74, 6) is 1.18. The first-order valence-electron chi connectivity index (χ1n) is 12.1. The van der Waals surface area contributed by atoms with Crippen molar-refractivity contribution in [1.29, 1.82) is 0 Å². The third kappa shape index (κ3) is 6.68. The van der Waals surface area contributed by atoms with Gasteiger partial charge in [-0.1, -0.05) is 32.2 Å². The summed E-state index contributed by atoms with van der Waals surface area (Å²) in [6.07, 6.45) is 2.74. The lowest BCUT2D eigenvalue weighted by Crippen LogP contribution is -2.12. The number of esters is 2. The van der Waals surface area contributed by atoms with E-state index in [1.54, 1.807) is 6.07 Å². The van der Waals surface area contributed by atoms with Crippen LogP contribution in [0, 0.1) is 13.8 Å². The smallest absolute Gasteiger partial charge is 0.335 e. The van der Waals surface area contributed by atoms with E-state index in [0.717, 1.165) is 28.8 Å². The molecule has 0 heterocycles. The number of hydrogen-bond acceptors (Lipinski definition) is 7. The number of rotatable bonds is 13. The van der Waals surface area contributed by atoms with Gasteiger partial charge < -0.3 is 23.7 Å². The average molecular weight is 497 g/mol. The van der Waals surface area contributed by atoms with Gasteiger partial charge in [0.25, 0.3) is 0 Å². The fraction of sp³-hybridized carbons (Fsp3) is 0.379. The van der Waals surface area contributed by atoms with E-state index in [0.29, 0.717) is 60.6 Å².